The maximum Gasteiger partial charge on any atom is 0.236 e. The first-order valence-corrected chi connectivity index (χ1v) is 11.0. The second-order valence-electron chi connectivity index (χ2n) is 6.42. The highest BCUT2D eigenvalue weighted by Gasteiger charge is 2.19. The number of nitrogens with zero attached hydrogens (tertiary/aromatic N) is 4. The number of para-hydroxylation sites is 1. The second kappa shape index (κ2) is 8.32. The minimum atomic E-state index is -0.336. The van der Waals surface area contributed by atoms with Crippen LogP contribution in [0.5, 0.6) is 0 Å². The van der Waals surface area contributed by atoms with Crippen LogP contribution in [0.2, 0.25) is 0 Å². The Morgan fingerprint density at radius 2 is 2.00 bits per heavy atom. The van der Waals surface area contributed by atoms with Gasteiger partial charge in [0.05, 0.1) is 22.2 Å². The van der Waals surface area contributed by atoms with Gasteiger partial charge >= 0.3 is 0 Å². The molecule has 0 saturated heterocycles. The largest absolute Gasteiger partial charge is 0.461 e. The summed E-state index contributed by atoms with van der Waals surface area (Å²) in [5.74, 6) is 0.651. The molecule has 0 aliphatic heterocycles. The van der Waals surface area contributed by atoms with Crippen LogP contribution >= 0.6 is 23.1 Å². The number of thiazole rings is 1. The highest BCUT2D eigenvalue weighted by molar-refractivity contribution is 7.99. The molecule has 5 rings (SSSR count). The third kappa shape index (κ3) is 4.07. The number of anilines is 1. The lowest BCUT2D eigenvalue weighted by atomic mass is 10.3. The molecule has 2 aromatic carbocycles. The lowest BCUT2D eigenvalue weighted by molar-refractivity contribution is -0.113. The van der Waals surface area contributed by atoms with Gasteiger partial charge in [0.25, 0.3) is 0 Å². The van der Waals surface area contributed by atoms with Gasteiger partial charge in [-0.15, -0.1) is 10.2 Å². The first-order valence-electron chi connectivity index (χ1n) is 9.21. The molecule has 1 N–H and O–H groups in total. The van der Waals surface area contributed by atoms with Gasteiger partial charge in [0, 0.05) is 5.69 Å². The van der Waals surface area contributed by atoms with Crippen LogP contribution in [0, 0.1) is 5.82 Å². The fourth-order valence-electron chi connectivity index (χ4n) is 2.98. The SMILES string of the molecule is O=C(CSc1nnc(-c2ccco2)n1-c1ccccc1)Nc1nc2ccc(F)cc2s1. The summed E-state index contributed by atoms with van der Waals surface area (Å²) in [6, 6.07) is 17.5. The molecule has 31 heavy (non-hydrogen) atoms. The number of aromatic nitrogens is 4. The van der Waals surface area contributed by atoms with Crippen molar-refractivity contribution in [1.29, 1.82) is 0 Å². The molecule has 7 nitrogen and oxygen atoms in total. The van der Waals surface area contributed by atoms with Crippen LogP contribution in [0.1, 0.15) is 0 Å². The molecule has 0 fully saturated rings. The Hall–Kier alpha value is -3.50. The molecule has 0 aliphatic carbocycles. The molecule has 1 amide bonds. The molecule has 0 aliphatic rings. The van der Waals surface area contributed by atoms with Crippen molar-refractivity contribution in [1.82, 2.24) is 19.7 Å². The van der Waals surface area contributed by atoms with Gasteiger partial charge in [0.1, 0.15) is 5.82 Å². The smallest absolute Gasteiger partial charge is 0.236 e. The van der Waals surface area contributed by atoms with E-state index in [2.05, 4.69) is 20.5 Å². The number of amides is 1. The van der Waals surface area contributed by atoms with Crippen molar-refractivity contribution in [2.24, 2.45) is 0 Å². The third-order valence-electron chi connectivity index (χ3n) is 4.32. The number of carbonyl (C=O) groups is 1. The van der Waals surface area contributed by atoms with E-state index in [0.717, 1.165) is 5.69 Å². The van der Waals surface area contributed by atoms with E-state index < -0.39 is 0 Å². The van der Waals surface area contributed by atoms with E-state index in [-0.39, 0.29) is 17.5 Å². The first-order chi connectivity index (χ1) is 15.2. The number of nitrogens with one attached hydrogen (secondary N) is 1. The lowest BCUT2D eigenvalue weighted by Crippen LogP contribution is -2.14. The maximum absolute atomic E-state index is 13.4. The fraction of sp³-hybridized carbons (Fsp3) is 0.0476. The van der Waals surface area contributed by atoms with Gasteiger partial charge < -0.3 is 9.73 Å². The van der Waals surface area contributed by atoms with Gasteiger partial charge in [-0.05, 0) is 42.5 Å². The molecule has 5 aromatic rings. The number of rotatable bonds is 6. The van der Waals surface area contributed by atoms with Crippen LogP contribution < -0.4 is 5.32 Å². The Bertz CT molecular complexity index is 1350. The summed E-state index contributed by atoms with van der Waals surface area (Å²) >= 11 is 2.48. The Labute approximate surface area is 183 Å². The molecule has 154 valence electrons. The van der Waals surface area contributed by atoms with E-state index in [0.29, 0.717) is 32.1 Å². The summed E-state index contributed by atoms with van der Waals surface area (Å²) in [6.07, 6.45) is 1.57. The maximum atomic E-state index is 13.4. The van der Waals surface area contributed by atoms with Crippen LogP contribution in [0.4, 0.5) is 9.52 Å². The van der Waals surface area contributed by atoms with Crippen LogP contribution in [0.3, 0.4) is 0 Å². The zero-order chi connectivity index (χ0) is 21.2. The molecular formula is C21H14FN5O2S2. The number of carbonyl (C=O) groups excluding carboxylic acids is 1. The Kier molecular flexibility index (Phi) is 5.23. The zero-order valence-corrected chi connectivity index (χ0v) is 17.5. The van der Waals surface area contributed by atoms with Gasteiger partial charge in [-0.1, -0.05) is 41.3 Å². The normalized spacial score (nSPS) is 11.1. The van der Waals surface area contributed by atoms with Crippen LogP contribution in [0.25, 0.3) is 27.5 Å². The topological polar surface area (TPSA) is 85.8 Å². The van der Waals surface area contributed by atoms with Crippen LogP contribution in [-0.4, -0.2) is 31.4 Å². The van der Waals surface area contributed by atoms with Gasteiger partial charge in [-0.3, -0.25) is 9.36 Å². The number of benzene rings is 2. The summed E-state index contributed by atoms with van der Waals surface area (Å²) in [4.78, 5) is 16.8. The predicted octanol–water partition coefficient (Wildman–Crippen LogP) is 5.01. The quantitative estimate of drug-likeness (QED) is 0.366. The molecule has 0 spiro atoms. The van der Waals surface area contributed by atoms with Crippen molar-refractivity contribution in [2.45, 2.75) is 5.16 Å². The average molecular weight is 452 g/mol. The molecule has 3 heterocycles. The predicted molar refractivity (Wildman–Crippen MR) is 118 cm³/mol. The van der Waals surface area contributed by atoms with E-state index in [9.17, 15) is 9.18 Å². The minimum absolute atomic E-state index is 0.105. The minimum Gasteiger partial charge on any atom is -0.461 e. The van der Waals surface area contributed by atoms with Crippen molar-refractivity contribution in [3.8, 4) is 17.3 Å². The monoisotopic (exact) mass is 451 g/mol. The summed E-state index contributed by atoms with van der Waals surface area (Å²) in [5.41, 5.74) is 1.50. The van der Waals surface area contributed by atoms with E-state index >= 15 is 0 Å². The number of hydrogen-bond donors (Lipinski definition) is 1. The Balaban J connectivity index is 1.35. The van der Waals surface area contributed by atoms with E-state index in [1.54, 1.807) is 24.5 Å². The highest BCUT2D eigenvalue weighted by atomic mass is 32.2. The number of thioether (sulfide) groups is 1. The van der Waals surface area contributed by atoms with Crippen LogP contribution in [-0.2, 0) is 4.79 Å². The molecule has 0 unspecified atom stereocenters. The third-order valence-corrected chi connectivity index (χ3v) is 6.18. The van der Waals surface area contributed by atoms with E-state index in [1.807, 2.05) is 34.9 Å². The average Bonchev–Trinajstić information content (AvgIpc) is 3.51. The van der Waals surface area contributed by atoms with E-state index in [4.69, 9.17) is 4.42 Å². The molecule has 0 bridgehead atoms. The summed E-state index contributed by atoms with van der Waals surface area (Å²) in [5, 5.41) is 12.2. The standard InChI is InChI=1S/C21H14FN5O2S2/c22-13-8-9-15-17(11-13)31-20(23-15)24-18(28)12-30-21-26-25-19(16-7-4-10-29-16)27(21)14-5-2-1-3-6-14/h1-11H,12H2,(H,23,24,28). The van der Waals surface area contributed by atoms with Crippen LogP contribution in [0.15, 0.2) is 76.5 Å². The van der Waals surface area contributed by atoms with Crippen molar-refractivity contribution >= 4 is 44.4 Å². The number of fused-ring (bicyclic) bond motifs is 1. The number of halogens is 1. The molecule has 0 radical (unpaired) electrons. The highest BCUT2D eigenvalue weighted by Crippen LogP contribution is 2.29. The Morgan fingerprint density at radius 1 is 1.13 bits per heavy atom. The van der Waals surface area contributed by atoms with Crippen molar-refractivity contribution in [2.75, 3.05) is 11.1 Å². The van der Waals surface area contributed by atoms with Crippen molar-refractivity contribution in [3.05, 3.63) is 72.7 Å². The molecule has 10 heteroatoms. The molecular weight excluding hydrogens is 437 g/mol. The summed E-state index contributed by atoms with van der Waals surface area (Å²) in [6.45, 7) is 0. The van der Waals surface area contributed by atoms with Gasteiger partial charge in [0.15, 0.2) is 16.0 Å². The Morgan fingerprint density at radius 3 is 2.81 bits per heavy atom. The van der Waals surface area contributed by atoms with Gasteiger partial charge in [-0.25, -0.2) is 9.37 Å². The first kappa shape index (κ1) is 19.5. The fourth-order valence-corrected chi connectivity index (χ4v) is 4.63. The lowest BCUT2D eigenvalue weighted by Gasteiger charge is -2.08. The number of hydrogen-bond acceptors (Lipinski definition) is 7. The summed E-state index contributed by atoms with van der Waals surface area (Å²) < 4.78 is 21.4. The van der Waals surface area contributed by atoms with E-state index in [1.165, 1.54) is 35.2 Å². The van der Waals surface area contributed by atoms with Gasteiger partial charge in [-0.2, -0.15) is 0 Å². The molecule has 0 atom stereocenters. The summed E-state index contributed by atoms with van der Waals surface area (Å²) in [7, 11) is 0. The van der Waals surface area contributed by atoms with Gasteiger partial charge in [0.2, 0.25) is 11.7 Å². The molecule has 0 saturated carbocycles. The number of furan rings is 1. The molecule has 3 aromatic heterocycles. The second-order valence-corrected chi connectivity index (χ2v) is 8.40. The van der Waals surface area contributed by atoms with Crippen molar-refractivity contribution in [3.63, 3.8) is 0 Å². The zero-order valence-electron chi connectivity index (χ0n) is 15.9. The van der Waals surface area contributed by atoms with Crippen molar-refractivity contribution < 1.29 is 13.6 Å².